The van der Waals surface area contributed by atoms with Gasteiger partial charge in [-0.3, -0.25) is 9.79 Å². The average molecular weight is 337 g/mol. The first kappa shape index (κ1) is 17.6. The molecule has 0 unspecified atom stereocenters. The molecular weight excluding hydrogens is 312 g/mol. The Labute approximate surface area is 142 Å². The molecule has 1 saturated carbocycles. The molecule has 3 N–H and O–H groups in total. The number of rotatable bonds is 8. The highest BCUT2D eigenvalue weighted by Crippen LogP contribution is 2.18. The maximum Gasteiger partial charge on any atom is 0.220 e. The summed E-state index contributed by atoms with van der Waals surface area (Å²) in [6, 6.07) is 8.28. The summed E-state index contributed by atoms with van der Waals surface area (Å²) < 4.78 is 0. The van der Waals surface area contributed by atoms with Crippen LogP contribution in [-0.2, 0) is 11.2 Å². The van der Waals surface area contributed by atoms with Crippen molar-refractivity contribution in [2.75, 3.05) is 20.1 Å². The van der Waals surface area contributed by atoms with Crippen LogP contribution in [0.1, 0.15) is 31.2 Å². The number of nitrogens with one attached hydrogen (secondary N) is 3. The molecule has 0 saturated heterocycles. The third-order valence-electron chi connectivity index (χ3n) is 3.68. The minimum Gasteiger partial charge on any atom is -0.356 e. The monoisotopic (exact) mass is 336 g/mol. The Morgan fingerprint density at radius 2 is 2.00 bits per heavy atom. The van der Waals surface area contributed by atoms with Gasteiger partial charge in [-0.1, -0.05) is 29.8 Å². The van der Waals surface area contributed by atoms with Crippen molar-refractivity contribution in [3.63, 3.8) is 0 Å². The van der Waals surface area contributed by atoms with Gasteiger partial charge in [-0.15, -0.1) is 0 Å². The molecule has 0 heterocycles. The molecule has 0 radical (unpaired) electrons. The highest BCUT2D eigenvalue weighted by atomic mass is 35.5. The lowest BCUT2D eigenvalue weighted by Crippen LogP contribution is -2.39. The molecule has 1 aromatic rings. The molecule has 0 bridgehead atoms. The van der Waals surface area contributed by atoms with Crippen molar-refractivity contribution in [1.29, 1.82) is 0 Å². The number of hydrogen-bond donors (Lipinski definition) is 3. The lowest BCUT2D eigenvalue weighted by Gasteiger charge is -2.12. The third-order valence-corrected chi connectivity index (χ3v) is 4.05. The molecule has 2 rings (SSSR count). The number of carbonyl (C=O) groups excluding carboxylic acids is 1. The van der Waals surface area contributed by atoms with E-state index in [4.69, 9.17) is 11.6 Å². The van der Waals surface area contributed by atoms with E-state index in [1.807, 2.05) is 24.3 Å². The number of hydrogen-bond acceptors (Lipinski definition) is 2. The van der Waals surface area contributed by atoms with Crippen LogP contribution in [0.4, 0.5) is 0 Å². The maximum absolute atomic E-state index is 11.6. The first-order chi connectivity index (χ1) is 11.2. The first-order valence-corrected chi connectivity index (χ1v) is 8.54. The minimum atomic E-state index is 0.149. The summed E-state index contributed by atoms with van der Waals surface area (Å²) in [5, 5.41) is 10.3. The molecule has 0 spiro atoms. The highest BCUT2D eigenvalue weighted by molar-refractivity contribution is 6.31. The van der Waals surface area contributed by atoms with Gasteiger partial charge in [-0.2, -0.15) is 0 Å². The standard InChI is InChI=1S/C17H25ClN4O/c1-19-17(20-11-4-7-16(23)22-14-8-9-14)21-12-10-13-5-2-3-6-15(13)18/h2-3,5-6,14H,4,7-12H2,1H3,(H,22,23)(H2,19,20,21). The van der Waals surface area contributed by atoms with E-state index < -0.39 is 0 Å². The second-order valence-corrected chi connectivity index (χ2v) is 6.12. The maximum atomic E-state index is 11.6. The molecule has 0 aromatic heterocycles. The molecule has 6 heteroatoms. The topological polar surface area (TPSA) is 65.5 Å². The zero-order valence-electron chi connectivity index (χ0n) is 13.6. The fourth-order valence-corrected chi connectivity index (χ4v) is 2.45. The second-order valence-electron chi connectivity index (χ2n) is 5.71. The fraction of sp³-hybridized carbons (Fsp3) is 0.529. The Balaban J connectivity index is 1.57. The van der Waals surface area contributed by atoms with Gasteiger partial charge in [0.25, 0.3) is 0 Å². The van der Waals surface area contributed by atoms with Crippen LogP contribution in [0.3, 0.4) is 0 Å². The number of nitrogens with zero attached hydrogens (tertiary/aromatic N) is 1. The Hall–Kier alpha value is -1.75. The van der Waals surface area contributed by atoms with Crippen molar-refractivity contribution in [3.8, 4) is 0 Å². The van der Waals surface area contributed by atoms with E-state index >= 15 is 0 Å². The first-order valence-electron chi connectivity index (χ1n) is 8.16. The largest absolute Gasteiger partial charge is 0.356 e. The minimum absolute atomic E-state index is 0.149. The van der Waals surface area contributed by atoms with E-state index in [9.17, 15) is 4.79 Å². The van der Waals surface area contributed by atoms with Crippen molar-refractivity contribution in [1.82, 2.24) is 16.0 Å². The number of aliphatic imine (C=N–C) groups is 1. The van der Waals surface area contributed by atoms with E-state index in [2.05, 4.69) is 20.9 Å². The predicted octanol–water partition coefficient (Wildman–Crippen LogP) is 2.11. The Morgan fingerprint density at radius 1 is 1.26 bits per heavy atom. The van der Waals surface area contributed by atoms with E-state index in [1.54, 1.807) is 7.05 Å². The summed E-state index contributed by atoms with van der Waals surface area (Å²) in [6.07, 6.45) is 4.45. The second kappa shape index (κ2) is 9.40. The molecule has 1 amide bonds. The predicted molar refractivity (Wildman–Crippen MR) is 94.9 cm³/mol. The van der Waals surface area contributed by atoms with Crippen molar-refractivity contribution in [2.24, 2.45) is 4.99 Å². The van der Waals surface area contributed by atoms with Crippen LogP contribution in [-0.4, -0.2) is 38.0 Å². The van der Waals surface area contributed by atoms with E-state index in [1.165, 1.54) is 0 Å². The summed E-state index contributed by atoms with van der Waals surface area (Å²) in [5.41, 5.74) is 1.12. The normalized spacial score (nSPS) is 14.4. The molecule has 5 nitrogen and oxygen atoms in total. The van der Waals surface area contributed by atoms with Crippen LogP contribution in [0.25, 0.3) is 0 Å². The van der Waals surface area contributed by atoms with Crippen molar-refractivity contribution in [3.05, 3.63) is 34.9 Å². The van der Waals surface area contributed by atoms with Crippen molar-refractivity contribution >= 4 is 23.5 Å². The Morgan fingerprint density at radius 3 is 2.70 bits per heavy atom. The van der Waals surface area contributed by atoms with Crippen molar-refractivity contribution < 1.29 is 4.79 Å². The number of amides is 1. The molecule has 1 aromatic carbocycles. The molecule has 0 aliphatic heterocycles. The van der Waals surface area contributed by atoms with Crippen LogP contribution in [0.15, 0.2) is 29.3 Å². The van der Waals surface area contributed by atoms with Gasteiger partial charge in [0.1, 0.15) is 0 Å². The number of guanidine groups is 1. The molecule has 126 valence electrons. The van der Waals surface area contributed by atoms with E-state index in [0.717, 1.165) is 55.3 Å². The molecular formula is C17H25ClN4O. The van der Waals surface area contributed by atoms with E-state index in [0.29, 0.717) is 12.5 Å². The molecule has 1 aliphatic carbocycles. The molecule has 1 fully saturated rings. The number of benzene rings is 1. The van der Waals surface area contributed by atoms with Crippen LogP contribution in [0.5, 0.6) is 0 Å². The van der Waals surface area contributed by atoms with Gasteiger partial charge in [-0.25, -0.2) is 0 Å². The van der Waals surface area contributed by atoms with Gasteiger partial charge in [0.15, 0.2) is 5.96 Å². The van der Waals surface area contributed by atoms with Gasteiger partial charge < -0.3 is 16.0 Å². The summed E-state index contributed by atoms with van der Waals surface area (Å²) >= 11 is 6.13. The summed E-state index contributed by atoms with van der Waals surface area (Å²) in [6.45, 7) is 1.48. The summed E-state index contributed by atoms with van der Waals surface area (Å²) in [4.78, 5) is 15.7. The average Bonchev–Trinajstić information content (AvgIpc) is 3.35. The molecule has 23 heavy (non-hydrogen) atoms. The van der Waals surface area contributed by atoms with Gasteiger partial charge >= 0.3 is 0 Å². The zero-order chi connectivity index (χ0) is 16.5. The lowest BCUT2D eigenvalue weighted by atomic mass is 10.1. The fourth-order valence-electron chi connectivity index (χ4n) is 2.22. The van der Waals surface area contributed by atoms with Crippen LogP contribution < -0.4 is 16.0 Å². The molecule has 0 atom stereocenters. The van der Waals surface area contributed by atoms with Crippen LogP contribution in [0.2, 0.25) is 5.02 Å². The summed E-state index contributed by atoms with van der Waals surface area (Å²) in [7, 11) is 1.74. The van der Waals surface area contributed by atoms with Gasteiger partial charge in [-0.05, 0) is 37.3 Å². The third kappa shape index (κ3) is 6.91. The van der Waals surface area contributed by atoms with Crippen LogP contribution >= 0.6 is 11.6 Å². The number of carbonyl (C=O) groups is 1. The summed E-state index contributed by atoms with van der Waals surface area (Å²) in [5.74, 6) is 0.899. The smallest absolute Gasteiger partial charge is 0.220 e. The van der Waals surface area contributed by atoms with E-state index in [-0.39, 0.29) is 5.91 Å². The lowest BCUT2D eigenvalue weighted by molar-refractivity contribution is -0.121. The quantitative estimate of drug-likeness (QED) is 0.387. The highest BCUT2D eigenvalue weighted by Gasteiger charge is 2.22. The van der Waals surface area contributed by atoms with Gasteiger partial charge in [0, 0.05) is 37.6 Å². The van der Waals surface area contributed by atoms with Gasteiger partial charge in [0.2, 0.25) is 5.91 Å². The molecule has 1 aliphatic rings. The SMILES string of the molecule is CN=C(NCCCC(=O)NC1CC1)NCCc1ccccc1Cl. The number of halogens is 1. The Bertz CT molecular complexity index is 543. The van der Waals surface area contributed by atoms with Gasteiger partial charge in [0.05, 0.1) is 0 Å². The zero-order valence-corrected chi connectivity index (χ0v) is 14.3. The Kier molecular flexibility index (Phi) is 7.20. The van der Waals surface area contributed by atoms with Crippen molar-refractivity contribution in [2.45, 2.75) is 38.1 Å². The van der Waals surface area contributed by atoms with Crippen LogP contribution in [0, 0.1) is 0 Å².